The molecule has 6 nitrogen and oxygen atoms in total. The highest BCUT2D eigenvalue weighted by Crippen LogP contribution is 2.37. The number of carbonyl (C=O) groups is 2. The van der Waals surface area contributed by atoms with Gasteiger partial charge in [0.2, 0.25) is 0 Å². The molecular formula is C14H16F3N3O3. The zero-order valence-corrected chi connectivity index (χ0v) is 12.2. The van der Waals surface area contributed by atoms with Gasteiger partial charge in [0.25, 0.3) is 0 Å². The van der Waals surface area contributed by atoms with E-state index in [1.807, 2.05) is 0 Å². The van der Waals surface area contributed by atoms with E-state index in [9.17, 15) is 22.8 Å². The van der Waals surface area contributed by atoms with Gasteiger partial charge in [-0.3, -0.25) is 9.78 Å². The Morgan fingerprint density at radius 3 is 2.61 bits per heavy atom. The third-order valence-electron chi connectivity index (χ3n) is 3.87. The highest BCUT2D eigenvalue weighted by atomic mass is 19.4. The number of likely N-dealkylation sites (tertiary alicyclic amines) is 1. The number of carboxylic acid groups (broad SMARTS) is 1. The van der Waals surface area contributed by atoms with E-state index in [4.69, 9.17) is 5.11 Å². The number of hydrogen-bond acceptors (Lipinski definition) is 3. The largest absolute Gasteiger partial charge is 0.481 e. The molecule has 0 radical (unpaired) electrons. The maximum absolute atomic E-state index is 12.9. The predicted molar refractivity (Wildman–Crippen MR) is 73.4 cm³/mol. The minimum absolute atomic E-state index is 0.454. The van der Waals surface area contributed by atoms with Crippen molar-refractivity contribution in [3.05, 3.63) is 30.1 Å². The van der Waals surface area contributed by atoms with Crippen LogP contribution in [-0.2, 0) is 4.79 Å². The van der Waals surface area contributed by atoms with E-state index >= 15 is 0 Å². The number of halogens is 3. The van der Waals surface area contributed by atoms with Crippen LogP contribution in [0.5, 0.6) is 0 Å². The number of hydrogen-bond donors (Lipinski definition) is 2. The van der Waals surface area contributed by atoms with Crippen molar-refractivity contribution < 1.29 is 27.9 Å². The Morgan fingerprint density at radius 1 is 1.43 bits per heavy atom. The molecule has 0 spiro atoms. The van der Waals surface area contributed by atoms with Crippen molar-refractivity contribution in [2.45, 2.75) is 19.1 Å². The van der Waals surface area contributed by atoms with Gasteiger partial charge in [-0.2, -0.15) is 13.2 Å². The van der Waals surface area contributed by atoms with E-state index in [0.29, 0.717) is 5.56 Å². The summed E-state index contributed by atoms with van der Waals surface area (Å²) in [5.41, 5.74) is 0.696. The molecule has 1 saturated heterocycles. The van der Waals surface area contributed by atoms with E-state index in [0.717, 1.165) is 4.90 Å². The first-order valence-electron chi connectivity index (χ1n) is 6.95. The van der Waals surface area contributed by atoms with Crippen LogP contribution in [0.15, 0.2) is 24.5 Å². The van der Waals surface area contributed by atoms with Gasteiger partial charge < -0.3 is 15.3 Å². The van der Waals surface area contributed by atoms with E-state index in [2.05, 4.69) is 10.3 Å². The summed E-state index contributed by atoms with van der Waals surface area (Å²) in [7, 11) is 0. The quantitative estimate of drug-likeness (QED) is 0.888. The van der Waals surface area contributed by atoms with Gasteiger partial charge >= 0.3 is 18.2 Å². The molecule has 0 saturated carbocycles. The summed E-state index contributed by atoms with van der Waals surface area (Å²) in [6.07, 6.45) is -1.57. The SMILES string of the molecule is C[C@H](NC(=O)N1C[C@@H](C(F)(F)F)[C@H](C(=O)O)C1)c1cccnc1. The van der Waals surface area contributed by atoms with Crippen molar-refractivity contribution in [1.29, 1.82) is 0 Å². The molecule has 1 aromatic rings. The van der Waals surface area contributed by atoms with Crippen LogP contribution >= 0.6 is 0 Å². The van der Waals surface area contributed by atoms with Crippen LogP contribution in [0.4, 0.5) is 18.0 Å². The summed E-state index contributed by atoms with van der Waals surface area (Å²) in [4.78, 5) is 27.9. The van der Waals surface area contributed by atoms with Crippen molar-refractivity contribution in [3.8, 4) is 0 Å². The van der Waals surface area contributed by atoms with Gasteiger partial charge in [0.05, 0.1) is 17.9 Å². The Bertz CT molecular complexity index is 580. The lowest BCUT2D eigenvalue weighted by Gasteiger charge is -2.21. The number of aromatic nitrogens is 1. The predicted octanol–water partition coefficient (Wildman–Crippen LogP) is 2.05. The van der Waals surface area contributed by atoms with Crippen molar-refractivity contribution in [3.63, 3.8) is 0 Å². The number of amides is 2. The van der Waals surface area contributed by atoms with Gasteiger partial charge in [0, 0.05) is 25.5 Å². The van der Waals surface area contributed by atoms with Crippen LogP contribution in [-0.4, -0.2) is 46.3 Å². The summed E-state index contributed by atoms with van der Waals surface area (Å²) < 4.78 is 38.7. The first kappa shape index (κ1) is 17.0. The Balaban J connectivity index is 2.04. The molecule has 0 unspecified atom stereocenters. The van der Waals surface area contributed by atoms with Crippen molar-refractivity contribution >= 4 is 12.0 Å². The monoisotopic (exact) mass is 331 g/mol. The molecule has 3 atom stereocenters. The first-order valence-corrected chi connectivity index (χ1v) is 6.95. The zero-order valence-electron chi connectivity index (χ0n) is 12.2. The molecule has 1 aromatic heterocycles. The number of nitrogens with zero attached hydrogens (tertiary/aromatic N) is 2. The second kappa shape index (κ2) is 6.43. The fourth-order valence-electron chi connectivity index (χ4n) is 2.54. The Kier molecular flexibility index (Phi) is 4.76. The number of aliphatic carboxylic acids is 1. The Labute approximate surface area is 130 Å². The summed E-state index contributed by atoms with van der Waals surface area (Å²) in [6, 6.07) is 2.22. The number of rotatable bonds is 3. The first-order chi connectivity index (χ1) is 10.7. The molecule has 23 heavy (non-hydrogen) atoms. The number of alkyl halides is 3. The molecule has 126 valence electrons. The number of nitrogens with one attached hydrogen (secondary N) is 1. The van der Waals surface area contributed by atoms with Crippen LogP contribution in [0.3, 0.4) is 0 Å². The summed E-state index contributed by atoms with van der Waals surface area (Å²) >= 11 is 0. The van der Waals surface area contributed by atoms with E-state index < -0.39 is 49.1 Å². The van der Waals surface area contributed by atoms with Crippen molar-refractivity contribution in [2.24, 2.45) is 11.8 Å². The highest BCUT2D eigenvalue weighted by Gasteiger charge is 2.53. The molecule has 9 heteroatoms. The smallest absolute Gasteiger partial charge is 0.394 e. The van der Waals surface area contributed by atoms with Crippen LogP contribution in [0.2, 0.25) is 0 Å². The fraction of sp³-hybridized carbons (Fsp3) is 0.500. The molecule has 1 fully saturated rings. The number of carbonyl (C=O) groups excluding carboxylic acids is 1. The second-order valence-electron chi connectivity index (χ2n) is 5.46. The lowest BCUT2D eigenvalue weighted by atomic mass is 9.96. The molecule has 0 aromatic carbocycles. The molecule has 0 aliphatic carbocycles. The van der Waals surface area contributed by atoms with E-state index in [1.165, 1.54) is 6.20 Å². The lowest BCUT2D eigenvalue weighted by Crippen LogP contribution is -2.40. The van der Waals surface area contributed by atoms with Gasteiger partial charge in [-0.25, -0.2) is 4.79 Å². The minimum Gasteiger partial charge on any atom is -0.481 e. The molecule has 1 aliphatic heterocycles. The number of urea groups is 1. The maximum Gasteiger partial charge on any atom is 0.394 e. The van der Waals surface area contributed by atoms with Crippen molar-refractivity contribution in [2.75, 3.05) is 13.1 Å². The van der Waals surface area contributed by atoms with Crippen LogP contribution in [0, 0.1) is 11.8 Å². The van der Waals surface area contributed by atoms with Gasteiger partial charge in [0.1, 0.15) is 0 Å². The average molecular weight is 331 g/mol. The second-order valence-corrected chi connectivity index (χ2v) is 5.46. The molecular weight excluding hydrogens is 315 g/mol. The molecule has 0 bridgehead atoms. The molecule has 2 amide bonds. The molecule has 2 heterocycles. The average Bonchev–Trinajstić information content (AvgIpc) is 2.93. The van der Waals surface area contributed by atoms with Gasteiger partial charge in [-0.05, 0) is 18.6 Å². The number of carboxylic acids is 1. The summed E-state index contributed by atoms with van der Waals surface area (Å²) in [5.74, 6) is -5.25. The standard InChI is InChI=1S/C14H16F3N3O3/c1-8(9-3-2-4-18-5-9)19-13(23)20-6-10(12(21)22)11(7-20)14(15,16)17/h2-5,8,10-11H,6-7H2,1H3,(H,19,23)(H,21,22)/t8-,10+,11+/m0/s1. The third-order valence-corrected chi connectivity index (χ3v) is 3.87. The highest BCUT2D eigenvalue weighted by molar-refractivity contribution is 5.78. The lowest BCUT2D eigenvalue weighted by molar-refractivity contribution is -0.187. The van der Waals surface area contributed by atoms with Gasteiger partial charge in [-0.1, -0.05) is 6.07 Å². The minimum atomic E-state index is -4.66. The summed E-state index contributed by atoms with van der Waals surface area (Å²) in [6.45, 7) is 0.540. The van der Waals surface area contributed by atoms with Gasteiger partial charge in [-0.15, -0.1) is 0 Å². The maximum atomic E-state index is 12.9. The zero-order chi connectivity index (χ0) is 17.2. The molecule has 1 aliphatic rings. The molecule has 2 rings (SSSR count). The third kappa shape index (κ3) is 3.91. The topological polar surface area (TPSA) is 82.5 Å². The molecule has 2 N–H and O–H groups in total. The Hall–Kier alpha value is -2.32. The van der Waals surface area contributed by atoms with Crippen LogP contribution < -0.4 is 5.32 Å². The summed E-state index contributed by atoms with van der Waals surface area (Å²) in [5, 5.41) is 11.5. The van der Waals surface area contributed by atoms with Crippen LogP contribution in [0.25, 0.3) is 0 Å². The van der Waals surface area contributed by atoms with E-state index in [-0.39, 0.29) is 0 Å². The van der Waals surface area contributed by atoms with E-state index in [1.54, 1.807) is 25.3 Å². The Morgan fingerprint density at radius 2 is 2.13 bits per heavy atom. The van der Waals surface area contributed by atoms with Crippen LogP contribution in [0.1, 0.15) is 18.5 Å². The van der Waals surface area contributed by atoms with Crippen molar-refractivity contribution in [1.82, 2.24) is 15.2 Å². The fourth-order valence-corrected chi connectivity index (χ4v) is 2.54. The normalized spacial score (nSPS) is 22.7. The van der Waals surface area contributed by atoms with Gasteiger partial charge in [0.15, 0.2) is 0 Å². The number of pyridine rings is 1.